The molecule has 0 aliphatic rings. The van der Waals surface area contributed by atoms with Gasteiger partial charge in [0.1, 0.15) is 12.4 Å². The molecule has 1 aromatic rings. The van der Waals surface area contributed by atoms with Gasteiger partial charge < -0.3 is 4.74 Å². The molecule has 0 radical (unpaired) electrons. The summed E-state index contributed by atoms with van der Waals surface area (Å²) in [7, 11) is 0. The second-order valence-electron chi connectivity index (χ2n) is 2.70. The Morgan fingerprint density at radius 1 is 1.47 bits per heavy atom. The van der Waals surface area contributed by atoms with E-state index in [9.17, 15) is 17.6 Å². The van der Waals surface area contributed by atoms with E-state index in [0.717, 1.165) is 6.07 Å². The number of aromatic nitrogens is 1. The Labute approximate surface area is 96.8 Å². The van der Waals surface area contributed by atoms with Gasteiger partial charge in [-0.2, -0.15) is 0 Å². The number of alkyl halides is 4. The Hall–Kier alpha value is -0.600. The van der Waals surface area contributed by atoms with Gasteiger partial charge in [-0.15, -0.1) is 13.2 Å². The Bertz CT molecular complexity index is 366. The molecule has 0 atom stereocenters. The van der Waals surface area contributed by atoms with Crippen LogP contribution in [0.15, 0.2) is 6.07 Å². The molecule has 0 spiro atoms. The summed E-state index contributed by atoms with van der Waals surface area (Å²) >= 11 is 1.57. The van der Waals surface area contributed by atoms with Gasteiger partial charge in [0.15, 0.2) is 0 Å². The van der Waals surface area contributed by atoms with E-state index in [-0.39, 0.29) is 15.0 Å². The number of nitrogens with zero attached hydrogens (tertiary/aromatic N) is 1. The lowest BCUT2D eigenvalue weighted by molar-refractivity contribution is -0.275. The lowest BCUT2D eigenvalue weighted by atomic mass is 10.3. The highest BCUT2D eigenvalue weighted by Gasteiger charge is 2.32. The van der Waals surface area contributed by atoms with Crippen LogP contribution in [0, 0.1) is 10.5 Å². The monoisotopic (exact) mass is 335 g/mol. The van der Waals surface area contributed by atoms with E-state index >= 15 is 0 Å². The molecule has 0 aromatic carbocycles. The Morgan fingerprint density at radius 2 is 2.07 bits per heavy atom. The third-order valence-corrected chi connectivity index (χ3v) is 2.63. The lowest BCUT2D eigenvalue weighted by Crippen LogP contribution is -2.18. The first kappa shape index (κ1) is 12.5. The van der Waals surface area contributed by atoms with Crippen molar-refractivity contribution in [3.63, 3.8) is 0 Å². The quantitative estimate of drug-likeness (QED) is 0.611. The minimum Gasteiger partial charge on any atom is -0.405 e. The van der Waals surface area contributed by atoms with Gasteiger partial charge in [0.25, 0.3) is 0 Å². The van der Waals surface area contributed by atoms with Gasteiger partial charge in [-0.25, -0.2) is 4.39 Å². The molecule has 1 heterocycles. The van der Waals surface area contributed by atoms with Crippen molar-refractivity contribution in [1.29, 1.82) is 0 Å². The van der Waals surface area contributed by atoms with E-state index in [1.807, 2.05) is 0 Å². The first-order chi connectivity index (χ1) is 6.83. The number of rotatable bonds is 2. The normalized spacial score (nSPS) is 11.6. The van der Waals surface area contributed by atoms with Crippen LogP contribution in [0.4, 0.5) is 17.6 Å². The molecule has 0 unspecified atom stereocenters. The first-order valence-electron chi connectivity index (χ1n) is 3.81. The second kappa shape index (κ2) is 4.50. The largest absolute Gasteiger partial charge is 0.573 e. The molecule has 0 amide bonds. The molecule has 0 saturated heterocycles. The van der Waals surface area contributed by atoms with Gasteiger partial charge in [-0.05, 0) is 29.5 Å². The standard InChI is InChI=1S/C8H6F4INO/c1-4-2-6(15-8(10,11)12)7(13)5(3-9)14-4/h2H,3H2,1H3. The number of halogens is 5. The van der Waals surface area contributed by atoms with E-state index in [4.69, 9.17) is 0 Å². The Kier molecular flexibility index (Phi) is 3.74. The second-order valence-corrected chi connectivity index (χ2v) is 3.78. The Balaban J connectivity index is 3.12. The van der Waals surface area contributed by atoms with Crippen molar-refractivity contribution in [2.75, 3.05) is 0 Å². The van der Waals surface area contributed by atoms with Gasteiger partial charge in [0, 0.05) is 11.8 Å². The maximum absolute atomic E-state index is 12.4. The molecule has 7 heteroatoms. The molecular weight excluding hydrogens is 329 g/mol. The van der Waals surface area contributed by atoms with Gasteiger partial charge in [-0.3, -0.25) is 4.98 Å². The van der Waals surface area contributed by atoms with Crippen LogP contribution in [0.1, 0.15) is 11.4 Å². The molecule has 0 fully saturated rings. The van der Waals surface area contributed by atoms with E-state index in [1.165, 1.54) is 6.92 Å². The van der Waals surface area contributed by atoms with Gasteiger partial charge in [0.05, 0.1) is 9.26 Å². The molecule has 1 rings (SSSR count). The third-order valence-electron chi connectivity index (χ3n) is 1.47. The van der Waals surface area contributed by atoms with Crippen LogP contribution in [0.2, 0.25) is 0 Å². The van der Waals surface area contributed by atoms with Crippen LogP contribution in [0.5, 0.6) is 5.75 Å². The van der Waals surface area contributed by atoms with Gasteiger partial charge in [-0.1, -0.05) is 0 Å². The van der Waals surface area contributed by atoms with Crippen molar-refractivity contribution in [2.24, 2.45) is 0 Å². The summed E-state index contributed by atoms with van der Waals surface area (Å²) < 4.78 is 52.0. The number of pyridine rings is 1. The third kappa shape index (κ3) is 3.47. The van der Waals surface area contributed by atoms with Crippen LogP contribution in [0.25, 0.3) is 0 Å². The molecule has 84 valence electrons. The van der Waals surface area contributed by atoms with Crippen LogP contribution in [0.3, 0.4) is 0 Å². The number of aryl methyl sites for hydroxylation is 1. The van der Waals surface area contributed by atoms with E-state index in [1.54, 1.807) is 22.6 Å². The molecule has 1 aromatic heterocycles. The predicted octanol–water partition coefficient (Wildman–Crippen LogP) is 3.36. The first-order valence-corrected chi connectivity index (χ1v) is 4.89. The SMILES string of the molecule is Cc1cc(OC(F)(F)F)c(I)c(CF)n1. The molecular formula is C8H6F4INO. The molecule has 15 heavy (non-hydrogen) atoms. The lowest BCUT2D eigenvalue weighted by Gasteiger charge is -2.12. The highest BCUT2D eigenvalue weighted by molar-refractivity contribution is 14.1. The average Bonchev–Trinajstić information content (AvgIpc) is 2.08. The summed E-state index contributed by atoms with van der Waals surface area (Å²) in [6.07, 6.45) is -4.78. The maximum atomic E-state index is 12.4. The zero-order chi connectivity index (χ0) is 11.6. The highest BCUT2D eigenvalue weighted by Crippen LogP contribution is 2.30. The summed E-state index contributed by atoms with van der Waals surface area (Å²) in [5, 5.41) is 0. The van der Waals surface area contributed by atoms with Crippen LogP contribution < -0.4 is 4.74 Å². The van der Waals surface area contributed by atoms with Crippen LogP contribution in [-0.4, -0.2) is 11.3 Å². The summed E-state index contributed by atoms with van der Waals surface area (Å²) in [4.78, 5) is 3.75. The predicted molar refractivity (Wildman–Crippen MR) is 53.2 cm³/mol. The van der Waals surface area contributed by atoms with Crippen molar-refractivity contribution >= 4 is 22.6 Å². The molecule has 0 bridgehead atoms. The minimum absolute atomic E-state index is 0.0398. The molecule has 0 aliphatic carbocycles. The van der Waals surface area contributed by atoms with E-state index < -0.39 is 18.8 Å². The zero-order valence-electron chi connectivity index (χ0n) is 7.53. The summed E-state index contributed by atoms with van der Waals surface area (Å²) in [6, 6.07) is 1.12. The molecule has 2 nitrogen and oxygen atoms in total. The van der Waals surface area contributed by atoms with E-state index in [2.05, 4.69) is 9.72 Å². The van der Waals surface area contributed by atoms with Crippen molar-refractivity contribution in [2.45, 2.75) is 20.0 Å². The van der Waals surface area contributed by atoms with Crippen molar-refractivity contribution in [1.82, 2.24) is 4.98 Å². The zero-order valence-corrected chi connectivity index (χ0v) is 9.69. The van der Waals surface area contributed by atoms with Crippen LogP contribution in [-0.2, 0) is 6.67 Å². The fourth-order valence-corrected chi connectivity index (χ4v) is 1.51. The fourth-order valence-electron chi connectivity index (χ4n) is 0.977. The highest BCUT2D eigenvalue weighted by atomic mass is 127. The Morgan fingerprint density at radius 3 is 2.53 bits per heavy atom. The minimum atomic E-state index is -4.78. The average molecular weight is 335 g/mol. The molecule has 0 N–H and O–H groups in total. The maximum Gasteiger partial charge on any atom is 0.573 e. The van der Waals surface area contributed by atoms with Crippen molar-refractivity contribution < 1.29 is 22.3 Å². The van der Waals surface area contributed by atoms with Gasteiger partial charge in [0.2, 0.25) is 0 Å². The van der Waals surface area contributed by atoms with E-state index in [0.29, 0.717) is 0 Å². The van der Waals surface area contributed by atoms with Crippen molar-refractivity contribution in [3.05, 3.63) is 21.0 Å². The number of ether oxygens (including phenoxy) is 1. The smallest absolute Gasteiger partial charge is 0.405 e. The van der Waals surface area contributed by atoms with Gasteiger partial charge >= 0.3 is 6.36 Å². The number of hydrogen-bond donors (Lipinski definition) is 0. The number of hydrogen-bond acceptors (Lipinski definition) is 2. The summed E-state index contributed by atoms with van der Waals surface area (Å²) in [5.41, 5.74) is 0.233. The van der Waals surface area contributed by atoms with Crippen molar-refractivity contribution in [3.8, 4) is 5.75 Å². The molecule has 0 saturated carbocycles. The summed E-state index contributed by atoms with van der Waals surface area (Å²) in [6.45, 7) is 0.548. The fraction of sp³-hybridized carbons (Fsp3) is 0.375. The topological polar surface area (TPSA) is 22.1 Å². The molecule has 0 aliphatic heterocycles. The van der Waals surface area contributed by atoms with Crippen LogP contribution >= 0.6 is 22.6 Å². The summed E-state index contributed by atoms with van der Waals surface area (Å²) in [5.74, 6) is -0.414.